The number of alkyl halides is 3. The lowest BCUT2D eigenvalue weighted by Crippen LogP contribution is -2.11. The summed E-state index contributed by atoms with van der Waals surface area (Å²) in [6, 6.07) is 8.49. The summed E-state index contributed by atoms with van der Waals surface area (Å²) < 4.78 is 41.1. The molecule has 0 aliphatic carbocycles. The van der Waals surface area contributed by atoms with Gasteiger partial charge in [-0.1, -0.05) is 35.1 Å². The van der Waals surface area contributed by atoms with Crippen LogP contribution < -0.4 is 5.32 Å². The Bertz CT molecular complexity index is 1380. The van der Waals surface area contributed by atoms with Gasteiger partial charge in [-0.15, -0.1) is 0 Å². The number of carboxylic acids is 1. The number of thiazole rings is 1. The van der Waals surface area contributed by atoms with Gasteiger partial charge in [-0.05, 0) is 41.5 Å². The SMILES string of the molecule is O=C(O)CNc1nc(O)c(C(=Cc2ccc(Cl)cc2C(F)(F)F)c2ccc3[nH]ncc3c2)s1. The van der Waals surface area contributed by atoms with Gasteiger partial charge >= 0.3 is 12.1 Å². The average molecular weight is 495 g/mol. The van der Waals surface area contributed by atoms with E-state index in [-0.39, 0.29) is 26.2 Å². The number of halogens is 4. The van der Waals surface area contributed by atoms with Crippen molar-refractivity contribution in [3.8, 4) is 5.88 Å². The number of rotatable bonds is 6. The summed E-state index contributed by atoms with van der Waals surface area (Å²) in [7, 11) is 0. The highest BCUT2D eigenvalue weighted by molar-refractivity contribution is 7.17. The molecule has 4 aromatic rings. The van der Waals surface area contributed by atoms with Gasteiger partial charge in [-0.3, -0.25) is 9.89 Å². The molecule has 0 saturated heterocycles. The molecule has 2 aromatic carbocycles. The van der Waals surface area contributed by atoms with E-state index >= 15 is 0 Å². The third kappa shape index (κ3) is 4.94. The highest BCUT2D eigenvalue weighted by atomic mass is 35.5. The molecule has 4 N–H and O–H groups in total. The molecule has 2 heterocycles. The topological polar surface area (TPSA) is 111 Å². The van der Waals surface area contributed by atoms with Crippen LogP contribution in [0.15, 0.2) is 42.6 Å². The van der Waals surface area contributed by atoms with E-state index in [1.807, 2.05) is 0 Å². The van der Waals surface area contributed by atoms with Crippen LogP contribution in [0.1, 0.15) is 21.6 Å². The van der Waals surface area contributed by atoms with E-state index in [0.717, 1.165) is 22.9 Å². The van der Waals surface area contributed by atoms with Crippen LogP contribution in [-0.4, -0.2) is 37.9 Å². The van der Waals surface area contributed by atoms with Gasteiger partial charge in [0.15, 0.2) is 5.13 Å². The zero-order valence-electron chi connectivity index (χ0n) is 16.4. The van der Waals surface area contributed by atoms with E-state index in [1.165, 1.54) is 18.2 Å². The zero-order chi connectivity index (χ0) is 23.8. The number of aromatic hydroxyl groups is 1. The summed E-state index contributed by atoms with van der Waals surface area (Å²) in [5, 5.41) is 29.4. The van der Waals surface area contributed by atoms with Gasteiger partial charge in [-0.2, -0.15) is 23.3 Å². The number of hydrogen-bond acceptors (Lipinski definition) is 6. The summed E-state index contributed by atoms with van der Waals surface area (Å²) in [6.07, 6.45) is -1.82. The average Bonchev–Trinajstić information content (AvgIpc) is 3.36. The third-order valence-corrected chi connectivity index (χ3v) is 5.89. The zero-order valence-corrected chi connectivity index (χ0v) is 18.0. The Labute approximate surface area is 193 Å². The van der Waals surface area contributed by atoms with Gasteiger partial charge in [0.25, 0.3) is 0 Å². The molecule has 7 nitrogen and oxygen atoms in total. The third-order valence-electron chi connectivity index (χ3n) is 4.62. The summed E-state index contributed by atoms with van der Waals surface area (Å²) >= 11 is 6.71. The molecule has 0 spiro atoms. The number of H-pyrrole nitrogens is 1. The number of fused-ring (bicyclic) bond motifs is 1. The smallest absolute Gasteiger partial charge is 0.417 e. The minimum absolute atomic E-state index is 0.0679. The van der Waals surface area contributed by atoms with Crippen molar-refractivity contribution in [2.24, 2.45) is 0 Å². The summed E-state index contributed by atoms with van der Waals surface area (Å²) in [6.45, 7) is -0.443. The Balaban J connectivity index is 1.91. The second-order valence-electron chi connectivity index (χ2n) is 6.88. The van der Waals surface area contributed by atoms with E-state index in [1.54, 1.807) is 24.4 Å². The monoisotopic (exact) mass is 494 g/mol. The first-order valence-corrected chi connectivity index (χ1v) is 10.5. The van der Waals surface area contributed by atoms with E-state index in [4.69, 9.17) is 16.7 Å². The molecule has 33 heavy (non-hydrogen) atoms. The fraction of sp³-hybridized carbons (Fsp3) is 0.0952. The second-order valence-corrected chi connectivity index (χ2v) is 8.31. The Hall–Kier alpha value is -3.57. The van der Waals surface area contributed by atoms with Gasteiger partial charge < -0.3 is 15.5 Å². The molecule has 12 heteroatoms. The lowest BCUT2D eigenvalue weighted by atomic mass is 9.98. The van der Waals surface area contributed by atoms with Crippen molar-refractivity contribution in [3.63, 3.8) is 0 Å². The number of carboxylic acid groups (broad SMARTS) is 1. The fourth-order valence-corrected chi connectivity index (χ4v) is 4.23. The molecule has 0 aliphatic rings. The highest BCUT2D eigenvalue weighted by Crippen LogP contribution is 2.41. The molecule has 170 valence electrons. The minimum Gasteiger partial charge on any atom is -0.492 e. The van der Waals surface area contributed by atoms with Crippen molar-refractivity contribution in [3.05, 3.63) is 69.2 Å². The van der Waals surface area contributed by atoms with Gasteiger partial charge in [0, 0.05) is 16.0 Å². The Kier molecular flexibility index (Phi) is 6.00. The summed E-state index contributed by atoms with van der Waals surface area (Å²) in [5.74, 6) is -1.59. The number of carbonyl (C=O) groups is 1. The van der Waals surface area contributed by atoms with Crippen molar-refractivity contribution < 1.29 is 28.2 Å². The molecule has 0 saturated carbocycles. The van der Waals surface area contributed by atoms with Gasteiger partial charge in [0.05, 0.1) is 17.3 Å². The molecule has 0 bridgehead atoms. The Morgan fingerprint density at radius 3 is 2.76 bits per heavy atom. The largest absolute Gasteiger partial charge is 0.492 e. The molecule has 0 aliphatic heterocycles. The predicted molar refractivity (Wildman–Crippen MR) is 119 cm³/mol. The number of anilines is 1. The van der Waals surface area contributed by atoms with E-state index in [2.05, 4.69) is 20.5 Å². The number of hydrogen-bond donors (Lipinski definition) is 4. The number of aromatic amines is 1. The number of nitrogens with zero attached hydrogens (tertiary/aromatic N) is 2. The molecule has 0 fully saturated rings. The van der Waals surface area contributed by atoms with Crippen LogP contribution in [0, 0.1) is 0 Å². The molecule has 0 radical (unpaired) electrons. The Morgan fingerprint density at radius 1 is 1.24 bits per heavy atom. The van der Waals surface area contributed by atoms with Gasteiger partial charge in [0.1, 0.15) is 11.4 Å². The molecular formula is C21H14ClF3N4O3S. The first-order valence-electron chi connectivity index (χ1n) is 9.29. The van der Waals surface area contributed by atoms with Gasteiger partial charge in [0.2, 0.25) is 5.88 Å². The van der Waals surface area contributed by atoms with Crippen LogP contribution in [0.25, 0.3) is 22.6 Å². The van der Waals surface area contributed by atoms with E-state index in [9.17, 15) is 23.1 Å². The quantitative estimate of drug-likeness (QED) is 0.264. The fourth-order valence-electron chi connectivity index (χ4n) is 3.16. The van der Waals surface area contributed by atoms with Crippen LogP contribution in [0.5, 0.6) is 5.88 Å². The predicted octanol–water partition coefficient (Wildman–Crippen LogP) is 5.48. The number of aromatic nitrogens is 3. The summed E-state index contributed by atoms with van der Waals surface area (Å²) in [4.78, 5) is 14.9. The standard InChI is InChI=1S/C21H14ClF3N4O3S/c22-13-3-1-11(15(7-13)21(23,24)25)6-14(10-2-4-16-12(5-10)8-27-29-16)18-19(32)28-20(33-18)26-9-17(30)31/h1-8,32H,9H2,(H,26,28)(H,27,29)(H,30,31). The van der Waals surface area contributed by atoms with E-state index < -0.39 is 30.1 Å². The lowest BCUT2D eigenvalue weighted by Gasteiger charge is -2.13. The first-order chi connectivity index (χ1) is 15.6. The maximum atomic E-state index is 13.7. The molecule has 0 unspecified atom stereocenters. The normalized spacial score (nSPS) is 12.3. The molecular weight excluding hydrogens is 481 g/mol. The second kappa shape index (κ2) is 8.75. The van der Waals surface area contributed by atoms with Crippen molar-refractivity contribution in [1.29, 1.82) is 0 Å². The Morgan fingerprint density at radius 2 is 2.03 bits per heavy atom. The van der Waals surface area contributed by atoms with Crippen molar-refractivity contribution >= 4 is 56.6 Å². The maximum Gasteiger partial charge on any atom is 0.417 e. The molecule has 4 rings (SSSR count). The number of benzene rings is 2. The van der Waals surface area contributed by atoms with Crippen molar-refractivity contribution in [2.45, 2.75) is 6.18 Å². The van der Waals surface area contributed by atoms with Crippen LogP contribution in [0.4, 0.5) is 18.3 Å². The van der Waals surface area contributed by atoms with Crippen molar-refractivity contribution in [2.75, 3.05) is 11.9 Å². The number of nitrogens with one attached hydrogen (secondary N) is 2. The summed E-state index contributed by atoms with van der Waals surface area (Å²) in [5.41, 5.74) is 0.366. The molecule has 0 atom stereocenters. The number of aliphatic carboxylic acids is 1. The molecule has 2 aromatic heterocycles. The maximum absolute atomic E-state index is 13.7. The van der Waals surface area contributed by atoms with Crippen molar-refractivity contribution in [1.82, 2.24) is 15.2 Å². The van der Waals surface area contributed by atoms with Gasteiger partial charge in [-0.25, -0.2) is 0 Å². The minimum atomic E-state index is -4.67. The van der Waals surface area contributed by atoms with Crippen LogP contribution in [-0.2, 0) is 11.0 Å². The van der Waals surface area contributed by atoms with E-state index in [0.29, 0.717) is 10.9 Å². The first kappa shape index (κ1) is 22.6. The van der Waals surface area contributed by atoms with Crippen LogP contribution in [0.3, 0.4) is 0 Å². The lowest BCUT2D eigenvalue weighted by molar-refractivity contribution is -0.138. The highest BCUT2D eigenvalue weighted by Gasteiger charge is 2.33. The molecule has 0 amide bonds. The van der Waals surface area contributed by atoms with Crippen LogP contribution >= 0.6 is 22.9 Å². The van der Waals surface area contributed by atoms with Crippen LogP contribution in [0.2, 0.25) is 5.02 Å².